The summed E-state index contributed by atoms with van der Waals surface area (Å²) >= 11 is 1.29. The SMILES string of the molecule is CCNC(=O)c1ccc(Sc2ccccc2O)nn1. The first-order valence-corrected chi connectivity index (χ1v) is 6.60. The summed E-state index contributed by atoms with van der Waals surface area (Å²) in [6, 6.07) is 10.3. The number of aromatic hydroxyl groups is 1. The first-order chi connectivity index (χ1) is 9.20. The minimum Gasteiger partial charge on any atom is -0.507 e. The number of carbonyl (C=O) groups excluding carboxylic acids is 1. The molecule has 0 saturated heterocycles. The third-order valence-electron chi connectivity index (χ3n) is 2.29. The van der Waals surface area contributed by atoms with Gasteiger partial charge in [0.05, 0.1) is 4.90 Å². The molecule has 0 saturated carbocycles. The maximum Gasteiger partial charge on any atom is 0.271 e. The molecule has 1 amide bonds. The summed E-state index contributed by atoms with van der Waals surface area (Å²) in [5.41, 5.74) is 0.281. The average Bonchev–Trinajstić information content (AvgIpc) is 2.42. The molecule has 0 unspecified atom stereocenters. The fraction of sp³-hybridized carbons (Fsp3) is 0.154. The van der Waals surface area contributed by atoms with Crippen molar-refractivity contribution < 1.29 is 9.90 Å². The Labute approximate surface area is 115 Å². The normalized spacial score (nSPS) is 10.2. The Kier molecular flexibility index (Phi) is 4.35. The summed E-state index contributed by atoms with van der Waals surface area (Å²) in [6.07, 6.45) is 0. The van der Waals surface area contributed by atoms with Crippen LogP contribution in [0.25, 0.3) is 0 Å². The molecule has 2 aromatic rings. The molecule has 0 fully saturated rings. The van der Waals surface area contributed by atoms with Crippen LogP contribution >= 0.6 is 11.8 Å². The monoisotopic (exact) mass is 275 g/mol. The van der Waals surface area contributed by atoms with Crippen LogP contribution in [0.5, 0.6) is 5.75 Å². The Balaban J connectivity index is 2.11. The van der Waals surface area contributed by atoms with Gasteiger partial charge in [0.15, 0.2) is 5.69 Å². The fourth-order valence-corrected chi connectivity index (χ4v) is 2.17. The minimum absolute atomic E-state index is 0.196. The summed E-state index contributed by atoms with van der Waals surface area (Å²) in [5, 5.41) is 20.7. The van der Waals surface area contributed by atoms with Crippen LogP contribution in [0, 0.1) is 0 Å². The summed E-state index contributed by atoms with van der Waals surface area (Å²) in [4.78, 5) is 12.2. The molecule has 6 heteroatoms. The van der Waals surface area contributed by atoms with Crippen LogP contribution in [-0.4, -0.2) is 27.8 Å². The molecule has 0 atom stereocenters. The van der Waals surface area contributed by atoms with Crippen molar-refractivity contribution in [3.63, 3.8) is 0 Å². The van der Waals surface area contributed by atoms with Crippen LogP contribution in [0.4, 0.5) is 0 Å². The van der Waals surface area contributed by atoms with Gasteiger partial charge in [-0.2, -0.15) is 0 Å². The van der Waals surface area contributed by atoms with Crippen molar-refractivity contribution in [2.24, 2.45) is 0 Å². The van der Waals surface area contributed by atoms with Crippen LogP contribution in [0.1, 0.15) is 17.4 Å². The molecule has 2 N–H and O–H groups in total. The average molecular weight is 275 g/mol. The predicted molar refractivity (Wildman–Crippen MR) is 72.3 cm³/mol. The number of para-hydroxylation sites is 1. The molecule has 0 aliphatic heterocycles. The molecule has 2 rings (SSSR count). The third kappa shape index (κ3) is 3.45. The largest absolute Gasteiger partial charge is 0.507 e. The number of hydrogen-bond donors (Lipinski definition) is 2. The molecule has 98 valence electrons. The fourth-order valence-electron chi connectivity index (χ4n) is 1.40. The van der Waals surface area contributed by atoms with Gasteiger partial charge in [0, 0.05) is 6.54 Å². The number of benzene rings is 1. The number of rotatable bonds is 4. The smallest absolute Gasteiger partial charge is 0.271 e. The van der Waals surface area contributed by atoms with E-state index in [1.807, 2.05) is 13.0 Å². The molecular formula is C13H13N3O2S. The van der Waals surface area contributed by atoms with Gasteiger partial charge >= 0.3 is 0 Å². The van der Waals surface area contributed by atoms with Crippen molar-refractivity contribution in [2.45, 2.75) is 16.8 Å². The Morgan fingerprint density at radius 3 is 2.68 bits per heavy atom. The lowest BCUT2D eigenvalue weighted by Gasteiger charge is -2.04. The van der Waals surface area contributed by atoms with Crippen molar-refractivity contribution in [1.82, 2.24) is 15.5 Å². The molecular weight excluding hydrogens is 262 g/mol. The van der Waals surface area contributed by atoms with E-state index < -0.39 is 0 Å². The highest BCUT2D eigenvalue weighted by Crippen LogP contribution is 2.32. The second-order valence-corrected chi connectivity index (χ2v) is 4.75. The first kappa shape index (κ1) is 13.4. The van der Waals surface area contributed by atoms with E-state index in [1.54, 1.807) is 30.3 Å². The van der Waals surface area contributed by atoms with Gasteiger partial charge < -0.3 is 10.4 Å². The van der Waals surface area contributed by atoms with Crippen molar-refractivity contribution in [1.29, 1.82) is 0 Å². The van der Waals surface area contributed by atoms with Gasteiger partial charge in [-0.1, -0.05) is 23.9 Å². The number of amides is 1. The number of nitrogens with zero attached hydrogens (tertiary/aromatic N) is 2. The van der Waals surface area contributed by atoms with Gasteiger partial charge in [-0.3, -0.25) is 4.79 Å². The first-order valence-electron chi connectivity index (χ1n) is 5.78. The van der Waals surface area contributed by atoms with Gasteiger partial charge in [0.2, 0.25) is 0 Å². The van der Waals surface area contributed by atoms with E-state index in [0.717, 1.165) is 0 Å². The molecule has 1 aromatic carbocycles. The van der Waals surface area contributed by atoms with Crippen LogP contribution in [0.15, 0.2) is 46.3 Å². The summed E-state index contributed by atoms with van der Waals surface area (Å²) in [6.45, 7) is 2.39. The lowest BCUT2D eigenvalue weighted by molar-refractivity contribution is 0.0949. The zero-order chi connectivity index (χ0) is 13.7. The Morgan fingerprint density at radius 1 is 1.26 bits per heavy atom. The topological polar surface area (TPSA) is 75.1 Å². The number of nitrogens with one attached hydrogen (secondary N) is 1. The highest BCUT2D eigenvalue weighted by molar-refractivity contribution is 7.99. The quantitative estimate of drug-likeness (QED) is 0.893. The van der Waals surface area contributed by atoms with Gasteiger partial charge in [-0.25, -0.2) is 0 Å². The molecule has 0 radical (unpaired) electrons. The molecule has 19 heavy (non-hydrogen) atoms. The van der Waals surface area contributed by atoms with E-state index in [9.17, 15) is 9.90 Å². The van der Waals surface area contributed by atoms with Crippen molar-refractivity contribution in [3.05, 3.63) is 42.1 Å². The number of phenols is 1. The van der Waals surface area contributed by atoms with Crippen LogP contribution in [-0.2, 0) is 0 Å². The highest BCUT2D eigenvalue weighted by atomic mass is 32.2. The van der Waals surface area contributed by atoms with E-state index in [2.05, 4.69) is 15.5 Å². The van der Waals surface area contributed by atoms with Gasteiger partial charge in [0.25, 0.3) is 5.91 Å². The maximum absolute atomic E-state index is 11.5. The summed E-state index contributed by atoms with van der Waals surface area (Å²) in [5.74, 6) is -0.0452. The van der Waals surface area contributed by atoms with Gasteiger partial charge in [-0.15, -0.1) is 10.2 Å². The Hall–Kier alpha value is -2.08. The zero-order valence-corrected chi connectivity index (χ0v) is 11.1. The van der Waals surface area contributed by atoms with Crippen molar-refractivity contribution in [3.8, 4) is 5.75 Å². The van der Waals surface area contributed by atoms with E-state index >= 15 is 0 Å². The molecule has 5 nitrogen and oxygen atoms in total. The second-order valence-electron chi connectivity index (χ2n) is 3.69. The lowest BCUT2D eigenvalue weighted by Crippen LogP contribution is -2.23. The van der Waals surface area contributed by atoms with Crippen LogP contribution in [0.3, 0.4) is 0 Å². The maximum atomic E-state index is 11.5. The van der Waals surface area contributed by atoms with Gasteiger partial charge in [0.1, 0.15) is 10.8 Å². The van der Waals surface area contributed by atoms with E-state index in [0.29, 0.717) is 16.5 Å². The number of aromatic nitrogens is 2. The molecule has 0 aliphatic carbocycles. The van der Waals surface area contributed by atoms with Crippen molar-refractivity contribution in [2.75, 3.05) is 6.54 Å². The Bertz CT molecular complexity index is 572. The second kappa shape index (κ2) is 6.19. The van der Waals surface area contributed by atoms with Crippen molar-refractivity contribution >= 4 is 17.7 Å². The highest BCUT2D eigenvalue weighted by Gasteiger charge is 2.08. The molecule has 0 bridgehead atoms. The lowest BCUT2D eigenvalue weighted by atomic mass is 10.3. The van der Waals surface area contributed by atoms with E-state index in [4.69, 9.17) is 0 Å². The molecule has 0 aliphatic rings. The summed E-state index contributed by atoms with van der Waals surface area (Å²) in [7, 11) is 0. The predicted octanol–water partition coefficient (Wildman–Crippen LogP) is 2.08. The summed E-state index contributed by atoms with van der Waals surface area (Å²) < 4.78 is 0. The third-order valence-corrected chi connectivity index (χ3v) is 3.28. The zero-order valence-electron chi connectivity index (χ0n) is 10.3. The van der Waals surface area contributed by atoms with Gasteiger partial charge in [-0.05, 0) is 31.2 Å². The Morgan fingerprint density at radius 2 is 2.05 bits per heavy atom. The van der Waals surface area contributed by atoms with Crippen LogP contribution < -0.4 is 5.32 Å². The van der Waals surface area contributed by atoms with Crippen LogP contribution in [0.2, 0.25) is 0 Å². The van der Waals surface area contributed by atoms with E-state index in [1.165, 1.54) is 11.8 Å². The minimum atomic E-state index is -0.242. The number of hydrogen-bond acceptors (Lipinski definition) is 5. The van der Waals surface area contributed by atoms with E-state index in [-0.39, 0.29) is 17.4 Å². The molecule has 1 heterocycles. The standard InChI is InChI=1S/C13H13N3O2S/c1-2-14-13(18)9-7-8-12(16-15-9)19-11-6-4-3-5-10(11)17/h3-8,17H,2H2,1H3,(H,14,18). The number of phenolic OH excluding ortho intramolecular Hbond substituents is 1. The molecule has 1 aromatic heterocycles. The molecule has 0 spiro atoms. The number of carbonyl (C=O) groups is 1.